The van der Waals surface area contributed by atoms with Crippen LogP contribution in [-0.4, -0.2) is 28.1 Å². The minimum Gasteiger partial charge on any atom is -0.494 e. The number of hydrogen-bond donors (Lipinski definition) is 0. The van der Waals surface area contributed by atoms with E-state index < -0.39 is 0 Å². The summed E-state index contributed by atoms with van der Waals surface area (Å²) in [5, 5.41) is 4.39. The van der Waals surface area contributed by atoms with Crippen LogP contribution < -0.4 is 9.64 Å². The number of amides is 1. The van der Waals surface area contributed by atoms with Gasteiger partial charge in [0.25, 0.3) is 5.91 Å². The molecule has 8 heteroatoms. The maximum absolute atomic E-state index is 13.2. The molecular weight excluding hydrogens is 376 g/mol. The average Bonchev–Trinajstić information content (AvgIpc) is 3.34. The van der Waals surface area contributed by atoms with Crippen molar-refractivity contribution in [3.63, 3.8) is 0 Å². The Morgan fingerprint density at radius 2 is 2.14 bits per heavy atom. The molecule has 4 aromatic rings. The minimum atomic E-state index is -0.305. The highest BCUT2D eigenvalue weighted by atomic mass is 32.1. The van der Waals surface area contributed by atoms with E-state index in [9.17, 15) is 4.79 Å². The lowest BCUT2D eigenvalue weighted by Gasteiger charge is -2.18. The first-order valence-corrected chi connectivity index (χ1v) is 9.46. The van der Waals surface area contributed by atoms with E-state index in [0.29, 0.717) is 23.1 Å². The van der Waals surface area contributed by atoms with Crippen molar-refractivity contribution in [1.29, 1.82) is 0 Å². The van der Waals surface area contributed by atoms with Crippen LogP contribution in [0, 0.1) is 13.8 Å². The van der Waals surface area contributed by atoms with Gasteiger partial charge in [0.2, 0.25) is 5.76 Å². The fraction of sp³-hybridized carbons (Fsp3) is 0.200. The van der Waals surface area contributed by atoms with Crippen molar-refractivity contribution in [2.45, 2.75) is 20.4 Å². The smallest absolute Gasteiger partial charge is 0.298 e. The normalized spacial score (nSPS) is 11.0. The van der Waals surface area contributed by atoms with Gasteiger partial charge in [-0.05, 0) is 37.1 Å². The molecule has 0 saturated heterocycles. The summed E-state index contributed by atoms with van der Waals surface area (Å²) < 4.78 is 11.6. The quantitative estimate of drug-likeness (QED) is 0.506. The maximum atomic E-state index is 13.2. The number of nitrogens with zero attached hydrogens (tertiary/aromatic N) is 4. The van der Waals surface area contributed by atoms with Crippen LogP contribution in [-0.2, 0) is 6.54 Å². The van der Waals surface area contributed by atoms with Gasteiger partial charge in [-0.3, -0.25) is 14.7 Å². The summed E-state index contributed by atoms with van der Waals surface area (Å²) in [6, 6.07) is 9.24. The Morgan fingerprint density at radius 1 is 1.29 bits per heavy atom. The molecule has 3 heterocycles. The number of ether oxygens (including phenoxy) is 1. The predicted molar refractivity (Wildman–Crippen MR) is 107 cm³/mol. The van der Waals surface area contributed by atoms with Crippen molar-refractivity contribution in [2.75, 3.05) is 12.0 Å². The van der Waals surface area contributed by atoms with Gasteiger partial charge in [-0.1, -0.05) is 28.6 Å². The van der Waals surface area contributed by atoms with Gasteiger partial charge in [0.1, 0.15) is 11.3 Å². The molecule has 142 valence electrons. The Balaban J connectivity index is 1.82. The van der Waals surface area contributed by atoms with Crippen LogP contribution in [0.15, 0.2) is 47.2 Å². The molecule has 0 fully saturated rings. The SMILES string of the molecule is COc1ccc(C)c2sc(N(Cc3cccnc3)C(=O)c3cc(C)no3)nc12. The summed E-state index contributed by atoms with van der Waals surface area (Å²) in [4.78, 5) is 23.6. The van der Waals surface area contributed by atoms with Gasteiger partial charge in [0, 0.05) is 18.5 Å². The number of rotatable bonds is 5. The van der Waals surface area contributed by atoms with Gasteiger partial charge in [-0.15, -0.1) is 0 Å². The minimum absolute atomic E-state index is 0.171. The van der Waals surface area contributed by atoms with Gasteiger partial charge in [-0.2, -0.15) is 0 Å². The zero-order valence-electron chi connectivity index (χ0n) is 15.7. The van der Waals surface area contributed by atoms with E-state index in [2.05, 4.69) is 10.1 Å². The number of carbonyl (C=O) groups is 1. The second-order valence-corrected chi connectivity index (χ2v) is 7.32. The first kappa shape index (κ1) is 18.1. The molecule has 0 aliphatic rings. The zero-order chi connectivity index (χ0) is 19.7. The molecule has 0 radical (unpaired) electrons. The number of hydrogen-bond acceptors (Lipinski definition) is 7. The molecule has 1 aromatic carbocycles. The molecular formula is C20H18N4O3S. The molecule has 1 amide bonds. The number of fused-ring (bicyclic) bond motifs is 1. The van der Waals surface area contributed by atoms with E-state index in [4.69, 9.17) is 14.2 Å². The maximum Gasteiger partial charge on any atom is 0.298 e. The first-order valence-electron chi connectivity index (χ1n) is 8.65. The Hall–Kier alpha value is -3.26. The van der Waals surface area contributed by atoms with Crippen LogP contribution in [0.3, 0.4) is 0 Å². The summed E-state index contributed by atoms with van der Waals surface area (Å²) in [6.45, 7) is 4.10. The zero-order valence-corrected chi connectivity index (χ0v) is 16.5. The Kier molecular flexibility index (Phi) is 4.79. The largest absolute Gasteiger partial charge is 0.494 e. The third-order valence-corrected chi connectivity index (χ3v) is 5.50. The van der Waals surface area contributed by atoms with Gasteiger partial charge in [-0.25, -0.2) is 4.98 Å². The molecule has 0 saturated carbocycles. The summed E-state index contributed by atoms with van der Waals surface area (Å²) in [5.41, 5.74) is 3.34. The molecule has 0 N–H and O–H groups in total. The molecule has 0 unspecified atom stereocenters. The second kappa shape index (κ2) is 7.40. The van der Waals surface area contributed by atoms with Gasteiger partial charge >= 0.3 is 0 Å². The lowest BCUT2D eigenvalue weighted by Crippen LogP contribution is -2.30. The van der Waals surface area contributed by atoms with E-state index in [-0.39, 0.29) is 11.7 Å². The standard InChI is InChI=1S/C20H18N4O3S/c1-12-6-7-15(26-3)17-18(12)28-20(22-17)24(11-14-5-4-8-21-10-14)19(25)16-9-13(2)23-27-16/h4-10H,11H2,1-3H3. The average molecular weight is 394 g/mol. The Morgan fingerprint density at radius 3 is 2.82 bits per heavy atom. The third-order valence-electron chi connectivity index (χ3n) is 4.29. The van der Waals surface area contributed by atoms with Gasteiger partial charge in [0.15, 0.2) is 5.13 Å². The van der Waals surface area contributed by atoms with Gasteiger partial charge in [0.05, 0.1) is 24.0 Å². The van der Waals surface area contributed by atoms with E-state index in [1.54, 1.807) is 37.4 Å². The van der Waals surface area contributed by atoms with E-state index in [0.717, 1.165) is 21.3 Å². The van der Waals surface area contributed by atoms with Gasteiger partial charge < -0.3 is 9.26 Å². The third kappa shape index (κ3) is 3.34. The highest BCUT2D eigenvalue weighted by Gasteiger charge is 2.26. The van der Waals surface area contributed by atoms with Crippen molar-refractivity contribution in [1.82, 2.24) is 15.1 Å². The summed E-state index contributed by atoms with van der Waals surface area (Å²) in [6.07, 6.45) is 3.42. The molecule has 7 nitrogen and oxygen atoms in total. The van der Waals surface area contributed by atoms with Crippen molar-refractivity contribution in [3.8, 4) is 5.75 Å². The lowest BCUT2D eigenvalue weighted by molar-refractivity contribution is 0.0949. The molecule has 0 spiro atoms. The topological polar surface area (TPSA) is 81.4 Å². The molecule has 3 aromatic heterocycles. The van der Waals surface area contributed by atoms with Crippen LogP contribution in [0.1, 0.15) is 27.4 Å². The molecule has 0 atom stereocenters. The summed E-state index contributed by atoms with van der Waals surface area (Å²) >= 11 is 1.44. The van der Waals surface area contributed by atoms with E-state index >= 15 is 0 Å². The van der Waals surface area contributed by atoms with Crippen LogP contribution in [0.5, 0.6) is 5.75 Å². The molecule has 28 heavy (non-hydrogen) atoms. The summed E-state index contributed by atoms with van der Waals surface area (Å²) in [7, 11) is 1.61. The first-order chi connectivity index (χ1) is 13.6. The van der Waals surface area contributed by atoms with Crippen LogP contribution in [0.25, 0.3) is 10.2 Å². The lowest BCUT2D eigenvalue weighted by atomic mass is 10.2. The highest BCUT2D eigenvalue weighted by Crippen LogP contribution is 2.37. The molecule has 0 bridgehead atoms. The number of aryl methyl sites for hydroxylation is 2. The number of benzene rings is 1. The summed E-state index contributed by atoms with van der Waals surface area (Å²) in [5.74, 6) is 0.539. The predicted octanol–water partition coefficient (Wildman–Crippen LogP) is 4.15. The Labute approximate surface area is 165 Å². The van der Waals surface area contributed by atoms with Crippen LogP contribution >= 0.6 is 11.3 Å². The fourth-order valence-corrected chi connectivity index (χ4v) is 3.93. The molecule has 4 rings (SSSR count). The number of aromatic nitrogens is 3. The van der Waals surface area contributed by atoms with Crippen molar-refractivity contribution >= 4 is 32.6 Å². The van der Waals surface area contributed by atoms with Crippen molar-refractivity contribution in [2.24, 2.45) is 0 Å². The number of methoxy groups -OCH3 is 1. The number of anilines is 1. The van der Waals surface area contributed by atoms with Crippen LogP contribution in [0.4, 0.5) is 5.13 Å². The fourth-order valence-electron chi connectivity index (χ4n) is 2.88. The second-order valence-electron chi connectivity index (χ2n) is 6.34. The monoisotopic (exact) mass is 394 g/mol. The van der Waals surface area contributed by atoms with Crippen molar-refractivity contribution in [3.05, 3.63) is 65.3 Å². The van der Waals surface area contributed by atoms with Crippen LogP contribution in [0.2, 0.25) is 0 Å². The number of carbonyl (C=O) groups excluding carboxylic acids is 1. The molecule has 0 aliphatic heterocycles. The molecule has 0 aliphatic carbocycles. The van der Waals surface area contributed by atoms with E-state index in [1.807, 2.05) is 31.2 Å². The van der Waals surface area contributed by atoms with E-state index in [1.165, 1.54) is 11.3 Å². The number of thiazole rings is 1. The highest BCUT2D eigenvalue weighted by molar-refractivity contribution is 7.22. The Bertz CT molecular complexity index is 1140. The number of pyridine rings is 1. The van der Waals surface area contributed by atoms with Crippen molar-refractivity contribution < 1.29 is 14.1 Å².